The van der Waals surface area contributed by atoms with Crippen LogP contribution in [0, 0.1) is 5.92 Å². The Hall–Kier alpha value is -2.09. The zero-order valence-electron chi connectivity index (χ0n) is 14.9. The number of methoxy groups -OCH3 is 1. The first-order valence-corrected chi connectivity index (χ1v) is 10.6. The van der Waals surface area contributed by atoms with E-state index >= 15 is 0 Å². The summed E-state index contributed by atoms with van der Waals surface area (Å²) in [4.78, 5) is 28.5. The summed E-state index contributed by atoms with van der Waals surface area (Å²) in [6.07, 6.45) is 0.853. The molecular formula is C18H24N2O5S. The second kappa shape index (κ2) is 7.65. The maximum atomic E-state index is 12.6. The summed E-state index contributed by atoms with van der Waals surface area (Å²) in [5, 5.41) is 0. The number of sulfone groups is 1. The van der Waals surface area contributed by atoms with Crippen LogP contribution in [-0.4, -0.2) is 74.8 Å². The Bertz CT molecular complexity index is 785. The molecule has 0 spiro atoms. The van der Waals surface area contributed by atoms with Crippen molar-refractivity contribution >= 4 is 21.7 Å². The van der Waals surface area contributed by atoms with Crippen LogP contribution in [0.4, 0.5) is 0 Å². The molecule has 2 amide bonds. The summed E-state index contributed by atoms with van der Waals surface area (Å²) in [7, 11) is -1.40. The van der Waals surface area contributed by atoms with Crippen molar-refractivity contribution in [2.45, 2.75) is 12.8 Å². The molecule has 1 unspecified atom stereocenters. The Morgan fingerprint density at radius 1 is 1.15 bits per heavy atom. The normalized spacial score (nSPS) is 22.3. The molecule has 0 saturated carbocycles. The van der Waals surface area contributed by atoms with E-state index < -0.39 is 9.84 Å². The van der Waals surface area contributed by atoms with Crippen molar-refractivity contribution in [2.24, 2.45) is 5.92 Å². The highest BCUT2D eigenvalue weighted by Gasteiger charge is 2.32. The quantitative estimate of drug-likeness (QED) is 0.772. The lowest BCUT2D eigenvalue weighted by Gasteiger charge is -2.35. The Morgan fingerprint density at radius 3 is 2.46 bits per heavy atom. The van der Waals surface area contributed by atoms with E-state index in [1.165, 1.54) is 0 Å². The topological polar surface area (TPSA) is 84.0 Å². The summed E-state index contributed by atoms with van der Waals surface area (Å²) in [5.74, 6) is 0.791. The Balaban J connectivity index is 1.52. The highest BCUT2D eigenvalue weighted by atomic mass is 32.2. The van der Waals surface area contributed by atoms with Gasteiger partial charge in [0, 0.05) is 38.2 Å². The average Bonchev–Trinajstić information content (AvgIpc) is 2.99. The van der Waals surface area contributed by atoms with Crippen molar-refractivity contribution in [3.63, 3.8) is 0 Å². The van der Waals surface area contributed by atoms with Gasteiger partial charge in [0.15, 0.2) is 9.84 Å². The van der Waals surface area contributed by atoms with Crippen LogP contribution in [0.15, 0.2) is 24.3 Å². The smallest absolute Gasteiger partial charge is 0.254 e. The Labute approximate surface area is 153 Å². The van der Waals surface area contributed by atoms with E-state index in [2.05, 4.69) is 0 Å². The van der Waals surface area contributed by atoms with Gasteiger partial charge in [0.1, 0.15) is 5.75 Å². The van der Waals surface area contributed by atoms with E-state index in [4.69, 9.17) is 4.74 Å². The number of hydrogen-bond acceptors (Lipinski definition) is 5. The molecule has 0 aliphatic carbocycles. The number of carbonyl (C=O) groups excluding carboxylic acids is 2. The molecule has 2 heterocycles. The first-order valence-electron chi connectivity index (χ1n) is 8.79. The summed E-state index contributed by atoms with van der Waals surface area (Å²) in [6.45, 7) is 1.91. The van der Waals surface area contributed by atoms with Crippen molar-refractivity contribution in [3.05, 3.63) is 29.8 Å². The number of piperazine rings is 1. The van der Waals surface area contributed by atoms with Crippen molar-refractivity contribution in [3.8, 4) is 5.75 Å². The zero-order valence-corrected chi connectivity index (χ0v) is 15.7. The van der Waals surface area contributed by atoms with E-state index in [1.807, 2.05) is 0 Å². The van der Waals surface area contributed by atoms with Crippen molar-refractivity contribution in [1.29, 1.82) is 0 Å². The van der Waals surface area contributed by atoms with Gasteiger partial charge in [-0.2, -0.15) is 0 Å². The van der Waals surface area contributed by atoms with Gasteiger partial charge in [-0.05, 0) is 30.5 Å². The first kappa shape index (κ1) is 18.7. The molecule has 142 valence electrons. The van der Waals surface area contributed by atoms with Crippen molar-refractivity contribution in [2.75, 3.05) is 44.8 Å². The molecule has 2 saturated heterocycles. The van der Waals surface area contributed by atoms with Gasteiger partial charge in [-0.3, -0.25) is 9.59 Å². The third kappa shape index (κ3) is 4.35. The van der Waals surface area contributed by atoms with Gasteiger partial charge in [-0.15, -0.1) is 0 Å². The SMILES string of the molecule is COc1cccc(C(=O)N2CCN(C(=O)CC3CCS(=O)(=O)C3)CC2)c1. The van der Waals surface area contributed by atoms with Gasteiger partial charge in [0.25, 0.3) is 5.91 Å². The molecular weight excluding hydrogens is 356 g/mol. The van der Waals surface area contributed by atoms with Crippen molar-refractivity contribution in [1.82, 2.24) is 9.80 Å². The Kier molecular flexibility index (Phi) is 5.50. The van der Waals surface area contributed by atoms with Crippen LogP contribution < -0.4 is 4.74 Å². The maximum absolute atomic E-state index is 12.6. The number of nitrogens with zero attached hydrogens (tertiary/aromatic N) is 2. The van der Waals surface area contributed by atoms with E-state index in [0.717, 1.165) is 0 Å². The van der Waals surface area contributed by atoms with E-state index in [0.29, 0.717) is 43.9 Å². The third-order valence-corrected chi connectivity index (χ3v) is 6.86. The van der Waals surface area contributed by atoms with E-state index in [9.17, 15) is 18.0 Å². The number of carbonyl (C=O) groups is 2. The van der Waals surface area contributed by atoms with E-state index in [1.54, 1.807) is 41.2 Å². The summed E-state index contributed by atoms with van der Waals surface area (Å²) in [6, 6.07) is 7.03. The molecule has 8 heteroatoms. The lowest BCUT2D eigenvalue weighted by molar-refractivity contribution is -0.133. The molecule has 1 aromatic rings. The fourth-order valence-electron chi connectivity index (χ4n) is 3.51. The molecule has 0 radical (unpaired) electrons. The van der Waals surface area contributed by atoms with Gasteiger partial charge in [-0.25, -0.2) is 8.42 Å². The number of amides is 2. The second-order valence-electron chi connectivity index (χ2n) is 6.88. The molecule has 0 aromatic heterocycles. The second-order valence-corrected chi connectivity index (χ2v) is 9.11. The van der Waals surface area contributed by atoms with Crippen LogP contribution in [0.3, 0.4) is 0 Å². The number of ether oxygens (including phenoxy) is 1. The van der Waals surface area contributed by atoms with Gasteiger partial charge in [-0.1, -0.05) is 6.07 Å². The monoisotopic (exact) mass is 380 g/mol. The molecule has 2 aliphatic rings. The van der Waals surface area contributed by atoms with Gasteiger partial charge in [0.2, 0.25) is 5.91 Å². The van der Waals surface area contributed by atoms with Crippen molar-refractivity contribution < 1.29 is 22.7 Å². The fourth-order valence-corrected chi connectivity index (χ4v) is 5.37. The molecule has 0 N–H and O–H groups in total. The highest BCUT2D eigenvalue weighted by Crippen LogP contribution is 2.23. The molecule has 1 aromatic carbocycles. The van der Waals surface area contributed by atoms with Crippen LogP contribution in [0.25, 0.3) is 0 Å². The molecule has 1 atom stereocenters. The zero-order chi connectivity index (χ0) is 18.7. The predicted octanol–water partition coefficient (Wildman–Crippen LogP) is 0.804. The van der Waals surface area contributed by atoms with Crippen LogP contribution >= 0.6 is 0 Å². The minimum Gasteiger partial charge on any atom is -0.497 e. The highest BCUT2D eigenvalue weighted by molar-refractivity contribution is 7.91. The van der Waals surface area contributed by atoms with Crippen LogP contribution in [0.1, 0.15) is 23.2 Å². The van der Waals surface area contributed by atoms with E-state index in [-0.39, 0.29) is 35.7 Å². The van der Waals surface area contributed by atoms with Crippen LogP contribution in [0.2, 0.25) is 0 Å². The molecule has 3 rings (SSSR count). The lowest BCUT2D eigenvalue weighted by atomic mass is 10.0. The minimum absolute atomic E-state index is 0.0134. The van der Waals surface area contributed by atoms with Gasteiger partial charge >= 0.3 is 0 Å². The maximum Gasteiger partial charge on any atom is 0.254 e. The van der Waals surface area contributed by atoms with Crippen LogP contribution in [-0.2, 0) is 14.6 Å². The summed E-state index contributed by atoms with van der Waals surface area (Å²) < 4.78 is 28.2. The standard InChI is InChI=1S/C18H24N2O5S/c1-25-16-4-2-3-15(12-16)18(22)20-8-6-19(7-9-20)17(21)11-14-5-10-26(23,24)13-14/h2-4,12,14H,5-11,13H2,1H3. The molecule has 26 heavy (non-hydrogen) atoms. The molecule has 0 bridgehead atoms. The lowest BCUT2D eigenvalue weighted by Crippen LogP contribution is -2.50. The summed E-state index contributed by atoms with van der Waals surface area (Å²) >= 11 is 0. The molecule has 2 aliphatic heterocycles. The largest absolute Gasteiger partial charge is 0.497 e. The number of hydrogen-bond donors (Lipinski definition) is 0. The predicted molar refractivity (Wildman–Crippen MR) is 96.9 cm³/mol. The molecule has 2 fully saturated rings. The fraction of sp³-hybridized carbons (Fsp3) is 0.556. The Morgan fingerprint density at radius 2 is 1.85 bits per heavy atom. The average molecular weight is 380 g/mol. The number of benzene rings is 1. The minimum atomic E-state index is -2.96. The first-order chi connectivity index (χ1) is 12.4. The van der Waals surface area contributed by atoms with Gasteiger partial charge < -0.3 is 14.5 Å². The number of rotatable bonds is 4. The third-order valence-electron chi connectivity index (χ3n) is 5.03. The molecule has 7 nitrogen and oxygen atoms in total. The van der Waals surface area contributed by atoms with Crippen LogP contribution in [0.5, 0.6) is 5.75 Å². The summed E-state index contributed by atoms with van der Waals surface area (Å²) in [5.41, 5.74) is 0.570. The van der Waals surface area contributed by atoms with Gasteiger partial charge in [0.05, 0.1) is 18.6 Å².